The summed E-state index contributed by atoms with van der Waals surface area (Å²) in [6.07, 6.45) is 4.59. The highest BCUT2D eigenvalue weighted by Gasteiger charge is 2.12. The monoisotopic (exact) mass is 224 g/mol. The molecule has 0 aliphatic carbocycles. The van der Waals surface area contributed by atoms with Gasteiger partial charge in [-0.2, -0.15) is 5.10 Å². The normalized spacial score (nSPS) is 11.0. The minimum atomic E-state index is -0.750. The van der Waals surface area contributed by atoms with Gasteiger partial charge in [0.2, 0.25) is 0 Å². The van der Waals surface area contributed by atoms with Crippen LogP contribution >= 0.6 is 0 Å². The van der Waals surface area contributed by atoms with Crippen LogP contribution in [0, 0.1) is 0 Å². The van der Waals surface area contributed by atoms with Gasteiger partial charge in [0.1, 0.15) is 0 Å². The Labute approximate surface area is 96.3 Å². The van der Waals surface area contributed by atoms with Gasteiger partial charge < -0.3 is 5.11 Å². The van der Waals surface area contributed by atoms with E-state index in [1.807, 2.05) is 10.9 Å². The van der Waals surface area contributed by atoms with E-state index in [4.69, 9.17) is 5.11 Å². The zero-order valence-electron chi connectivity index (χ0n) is 10.2. The molecular formula is C12H20N2O2. The number of hydrogen-bond donors (Lipinski definition) is 1. The maximum absolute atomic E-state index is 10.6. The number of hydrogen-bond acceptors (Lipinski definition) is 2. The number of aliphatic carboxylic acids is 1. The molecule has 1 heterocycles. The number of aromatic nitrogens is 2. The fourth-order valence-electron chi connectivity index (χ4n) is 1.83. The number of carboxylic acid groups (broad SMARTS) is 1. The third kappa shape index (κ3) is 3.08. The molecule has 4 heteroatoms. The van der Waals surface area contributed by atoms with E-state index in [1.54, 1.807) is 0 Å². The maximum Gasteiger partial charge on any atom is 0.303 e. The highest BCUT2D eigenvalue weighted by molar-refractivity contribution is 5.67. The zero-order valence-corrected chi connectivity index (χ0v) is 10.2. The van der Waals surface area contributed by atoms with E-state index in [2.05, 4.69) is 25.9 Å². The van der Waals surface area contributed by atoms with Crippen molar-refractivity contribution in [3.8, 4) is 0 Å². The van der Waals surface area contributed by atoms with Crippen LogP contribution in [0.4, 0.5) is 0 Å². The van der Waals surface area contributed by atoms with E-state index < -0.39 is 5.97 Å². The van der Waals surface area contributed by atoms with E-state index in [0.717, 1.165) is 18.4 Å². The third-order valence-electron chi connectivity index (χ3n) is 2.57. The third-order valence-corrected chi connectivity index (χ3v) is 2.57. The van der Waals surface area contributed by atoms with Crippen molar-refractivity contribution in [2.45, 2.75) is 52.5 Å². The van der Waals surface area contributed by atoms with E-state index in [-0.39, 0.29) is 6.42 Å². The fourth-order valence-corrected chi connectivity index (χ4v) is 1.83. The molecule has 0 aliphatic heterocycles. The second-order valence-electron chi connectivity index (χ2n) is 4.30. The molecule has 0 bridgehead atoms. The second kappa shape index (κ2) is 5.68. The molecule has 0 aliphatic rings. The summed E-state index contributed by atoms with van der Waals surface area (Å²) in [6.45, 7) is 6.30. The molecule has 0 saturated carbocycles. The molecule has 1 aromatic heterocycles. The van der Waals surface area contributed by atoms with Gasteiger partial charge in [-0.1, -0.05) is 13.3 Å². The largest absolute Gasteiger partial charge is 0.481 e. The summed E-state index contributed by atoms with van der Waals surface area (Å²) in [4.78, 5) is 10.6. The molecule has 0 unspecified atom stereocenters. The number of carboxylic acids is 1. The Morgan fingerprint density at radius 1 is 1.50 bits per heavy atom. The van der Waals surface area contributed by atoms with Crippen LogP contribution in [0.15, 0.2) is 6.20 Å². The van der Waals surface area contributed by atoms with Gasteiger partial charge in [0.05, 0.1) is 6.20 Å². The first-order chi connectivity index (χ1) is 7.56. The smallest absolute Gasteiger partial charge is 0.303 e. The first kappa shape index (κ1) is 12.7. The van der Waals surface area contributed by atoms with Crippen molar-refractivity contribution in [1.82, 2.24) is 9.78 Å². The molecule has 0 fully saturated rings. The van der Waals surface area contributed by atoms with Crippen LogP contribution < -0.4 is 0 Å². The Kier molecular flexibility index (Phi) is 4.52. The summed E-state index contributed by atoms with van der Waals surface area (Å²) in [5.74, 6) is -0.750. The average molecular weight is 224 g/mol. The van der Waals surface area contributed by atoms with Gasteiger partial charge in [-0.15, -0.1) is 0 Å². The minimum Gasteiger partial charge on any atom is -0.481 e. The molecule has 0 amide bonds. The van der Waals surface area contributed by atoms with E-state index in [1.165, 1.54) is 5.69 Å². The van der Waals surface area contributed by atoms with Crippen molar-refractivity contribution in [3.63, 3.8) is 0 Å². The van der Waals surface area contributed by atoms with Gasteiger partial charge in [-0.05, 0) is 32.3 Å². The van der Waals surface area contributed by atoms with Crippen molar-refractivity contribution in [2.75, 3.05) is 0 Å². The molecule has 16 heavy (non-hydrogen) atoms. The van der Waals surface area contributed by atoms with Crippen LogP contribution in [0.5, 0.6) is 0 Å². The first-order valence-corrected chi connectivity index (χ1v) is 5.83. The van der Waals surface area contributed by atoms with Crippen LogP contribution in [0.2, 0.25) is 0 Å². The van der Waals surface area contributed by atoms with Crippen LogP contribution in [0.3, 0.4) is 0 Å². The molecule has 0 spiro atoms. The summed E-state index contributed by atoms with van der Waals surface area (Å²) < 4.78 is 2.00. The van der Waals surface area contributed by atoms with Crippen LogP contribution in [0.1, 0.15) is 50.9 Å². The van der Waals surface area contributed by atoms with Crippen molar-refractivity contribution < 1.29 is 9.90 Å². The van der Waals surface area contributed by atoms with Crippen molar-refractivity contribution in [1.29, 1.82) is 0 Å². The maximum atomic E-state index is 10.6. The standard InChI is InChI=1S/C12H20N2O2/c1-4-5-11-10(6-7-12(15)16)8-13-14(11)9(2)3/h8-9H,4-7H2,1-3H3,(H,15,16). The first-order valence-electron chi connectivity index (χ1n) is 5.83. The van der Waals surface area contributed by atoms with E-state index >= 15 is 0 Å². The van der Waals surface area contributed by atoms with Gasteiger partial charge in [0.25, 0.3) is 0 Å². The van der Waals surface area contributed by atoms with Gasteiger partial charge in [-0.25, -0.2) is 0 Å². The van der Waals surface area contributed by atoms with Gasteiger partial charge in [0, 0.05) is 18.2 Å². The lowest BCUT2D eigenvalue weighted by Crippen LogP contribution is -2.09. The minimum absolute atomic E-state index is 0.181. The molecule has 90 valence electrons. The predicted molar refractivity (Wildman–Crippen MR) is 62.6 cm³/mol. The molecule has 0 atom stereocenters. The van der Waals surface area contributed by atoms with Crippen molar-refractivity contribution in [3.05, 3.63) is 17.5 Å². The average Bonchev–Trinajstić information content (AvgIpc) is 2.59. The molecule has 1 rings (SSSR count). The highest BCUT2D eigenvalue weighted by Crippen LogP contribution is 2.17. The van der Waals surface area contributed by atoms with Gasteiger partial charge >= 0.3 is 5.97 Å². The molecular weight excluding hydrogens is 204 g/mol. The quantitative estimate of drug-likeness (QED) is 0.807. The Morgan fingerprint density at radius 3 is 2.69 bits per heavy atom. The lowest BCUT2D eigenvalue weighted by atomic mass is 10.1. The SMILES string of the molecule is CCCc1c(CCC(=O)O)cnn1C(C)C. The van der Waals surface area contributed by atoms with E-state index in [9.17, 15) is 4.79 Å². The van der Waals surface area contributed by atoms with Crippen molar-refractivity contribution in [2.24, 2.45) is 0 Å². The fraction of sp³-hybridized carbons (Fsp3) is 0.667. The second-order valence-corrected chi connectivity index (χ2v) is 4.30. The summed E-state index contributed by atoms with van der Waals surface area (Å²) in [7, 11) is 0. The molecule has 0 aromatic carbocycles. The van der Waals surface area contributed by atoms with Crippen molar-refractivity contribution >= 4 is 5.97 Å². The topological polar surface area (TPSA) is 55.1 Å². The summed E-state index contributed by atoms with van der Waals surface area (Å²) in [5, 5.41) is 13.0. The number of carbonyl (C=O) groups is 1. The van der Waals surface area contributed by atoms with Gasteiger partial charge in [-0.3, -0.25) is 9.48 Å². The number of rotatable bonds is 6. The summed E-state index contributed by atoms with van der Waals surface area (Å²) in [5.41, 5.74) is 2.27. The van der Waals surface area contributed by atoms with Crippen LogP contribution in [-0.4, -0.2) is 20.9 Å². The van der Waals surface area contributed by atoms with E-state index in [0.29, 0.717) is 12.5 Å². The molecule has 1 N–H and O–H groups in total. The summed E-state index contributed by atoms with van der Waals surface area (Å²) >= 11 is 0. The number of aryl methyl sites for hydroxylation is 1. The highest BCUT2D eigenvalue weighted by atomic mass is 16.4. The Bertz CT molecular complexity index is 356. The lowest BCUT2D eigenvalue weighted by Gasteiger charge is -2.11. The Morgan fingerprint density at radius 2 is 2.19 bits per heavy atom. The summed E-state index contributed by atoms with van der Waals surface area (Å²) in [6, 6.07) is 0.333. The molecule has 0 saturated heterocycles. The van der Waals surface area contributed by atoms with Crippen LogP contribution in [-0.2, 0) is 17.6 Å². The van der Waals surface area contributed by atoms with Crippen LogP contribution in [0.25, 0.3) is 0 Å². The lowest BCUT2D eigenvalue weighted by molar-refractivity contribution is -0.136. The number of nitrogens with zero attached hydrogens (tertiary/aromatic N) is 2. The van der Waals surface area contributed by atoms with Gasteiger partial charge in [0.15, 0.2) is 0 Å². The zero-order chi connectivity index (χ0) is 12.1. The Hall–Kier alpha value is -1.32. The molecule has 4 nitrogen and oxygen atoms in total. The molecule has 0 radical (unpaired) electrons. The molecule has 1 aromatic rings. The predicted octanol–water partition coefficient (Wildman–Crippen LogP) is 2.43. The Balaban J connectivity index is 2.86.